The van der Waals surface area contributed by atoms with E-state index in [-0.39, 0.29) is 0 Å². The van der Waals surface area contributed by atoms with E-state index in [2.05, 4.69) is 15.9 Å². The Labute approximate surface area is 121 Å². The van der Waals surface area contributed by atoms with Gasteiger partial charge < -0.3 is 4.74 Å². The van der Waals surface area contributed by atoms with Crippen LogP contribution in [0, 0.1) is 5.92 Å². The molecule has 0 bridgehead atoms. The summed E-state index contributed by atoms with van der Waals surface area (Å²) in [7, 11) is 1.60. The van der Waals surface area contributed by atoms with Crippen molar-refractivity contribution in [2.24, 2.45) is 5.92 Å². The van der Waals surface area contributed by atoms with Gasteiger partial charge in [0, 0.05) is 15.9 Å². The van der Waals surface area contributed by atoms with Crippen LogP contribution >= 0.6 is 39.1 Å². The zero-order chi connectivity index (χ0) is 12.4. The summed E-state index contributed by atoms with van der Waals surface area (Å²) in [5.41, 5.74) is 1.07. The number of halogens is 3. The summed E-state index contributed by atoms with van der Waals surface area (Å²) in [6.07, 6.45) is 5.15. The molecule has 0 saturated heterocycles. The van der Waals surface area contributed by atoms with Crippen molar-refractivity contribution >= 4 is 39.1 Å². The number of hydrogen-bond donors (Lipinski definition) is 0. The van der Waals surface area contributed by atoms with Crippen LogP contribution in [0.5, 0.6) is 5.75 Å². The average molecular weight is 338 g/mol. The van der Waals surface area contributed by atoms with Gasteiger partial charge in [0.25, 0.3) is 0 Å². The van der Waals surface area contributed by atoms with Crippen molar-refractivity contribution in [3.8, 4) is 5.75 Å². The molecule has 0 spiro atoms. The van der Waals surface area contributed by atoms with Crippen molar-refractivity contribution in [1.82, 2.24) is 0 Å². The Balaban J connectivity index is 2.28. The van der Waals surface area contributed by atoms with Gasteiger partial charge in [-0.05, 0) is 30.4 Å². The number of alkyl halides is 1. The topological polar surface area (TPSA) is 9.23 Å². The van der Waals surface area contributed by atoms with E-state index in [0.29, 0.717) is 21.5 Å². The third-order valence-corrected chi connectivity index (χ3v) is 5.25. The van der Waals surface area contributed by atoms with Gasteiger partial charge in [-0.2, -0.15) is 0 Å². The molecule has 4 heteroatoms. The monoisotopic (exact) mass is 336 g/mol. The normalized spacial score (nSPS) is 18.4. The average Bonchev–Trinajstić information content (AvgIpc) is 2.84. The van der Waals surface area contributed by atoms with E-state index < -0.39 is 0 Å². The Bertz CT molecular complexity index is 403. The molecule has 2 rings (SSSR count). The molecule has 1 fully saturated rings. The van der Waals surface area contributed by atoms with Crippen LogP contribution < -0.4 is 4.74 Å². The fourth-order valence-corrected chi connectivity index (χ4v) is 3.98. The van der Waals surface area contributed by atoms with Crippen LogP contribution in [0.1, 0.15) is 36.1 Å². The fraction of sp³-hybridized carbons (Fsp3) is 0.538. The van der Waals surface area contributed by atoms with Crippen molar-refractivity contribution in [2.75, 3.05) is 7.11 Å². The maximum atomic E-state index is 6.28. The van der Waals surface area contributed by atoms with Crippen LogP contribution in [-0.4, -0.2) is 7.11 Å². The van der Waals surface area contributed by atoms with Crippen molar-refractivity contribution in [3.05, 3.63) is 27.7 Å². The van der Waals surface area contributed by atoms with E-state index in [1.54, 1.807) is 13.2 Å². The van der Waals surface area contributed by atoms with E-state index in [1.807, 2.05) is 6.07 Å². The molecule has 1 aromatic rings. The number of ether oxygens (including phenoxy) is 1. The van der Waals surface area contributed by atoms with Gasteiger partial charge in [0.2, 0.25) is 0 Å². The Kier molecular flexibility index (Phi) is 4.62. The number of benzene rings is 1. The van der Waals surface area contributed by atoms with Gasteiger partial charge in [-0.3, -0.25) is 0 Å². The number of hydrogen-bond acceptors (Lipinski definition) is 1. The fourth-order valence-electron chi connectivity index (χ4n) is 2.42. The zero-order valence-corrected chi connectivity index (χ0v) is 12.8. The smallest absolute Gasteiger partial charge is 0.138 e. The van der Waals surface area contributed by atoms with E-state index >= 15 is 0 Å². The molecule has 1 aliphatic carbocycles. The van der Waals surface area contributed by atoms with Crippen molar-refractivity contribution < 1.29 is 4.74 Å². The van der Waals surface area contributed by atoms with E-state index in [4.69, 9.17) is 27.9 Å². The number of methoxy groups -OCH3 is 1. The standard InChI is InChI=1S/C13H15BrCl2O/c1-17-12-7-10(15)9(6-11(12)16)13(14)8-4-2-3-5-8/h6-8,13H,2-5H2,1H3. The van der Waals surface area contributed by atoms with Crippen LogP contribution in [0.2, 0.25) is 10.0 Å². The second-order valence-corrected chi connectivity index (χ2v) is 6.26. The molecule has 1 aliphatic rings. The quantitative estimate of drug-likeness (QED) is 0.649. The lowest BCUT2D eigenvalue weighted by atomic mass is 9.97. The molecule has 94 valence electrons. The summed E-state index contributed by atoms with van der Waals surface area (Å²) in [6, 6.07) is 3.71. The second kappa shape index (κ2) is 5.81. The summed E-state index contributed by atoms with van der Waals surface area (Å²) in [4.78, 5) is 0.293. The molecule has 1 aromatic carbocycles. The van der Waals surface area contributed by atoms with Crippen LogP contribution in [0.3, 0.4) is 0 Å². The molecule has 0 aromatic heterocycles. The van der Waals surface area contributed by atoms with Crippen LogP contribution in [-0.2, 0) is 0 Å². The van der Waals surface area contributed by atoms with Gasteiger partial charge >= 0.3 is 0 Å². The molecule has 0 radical (unpaired) electrons. The van der Waals surface area contributed by atoms with E-state index in [9.17, 15) is 0 Å². The Hall–Kier alpha value is 0.0800. The minimum atomic E-state index is 0.293. The van der Waals surface area contributed by atoms with Crippen molar-refractivity contribution in [2.45, 2.75) is 30.5 Å². The maximum absolute atomic E-state index is 6.28. The summed E-state index contributed by atoms with van der Waals surface area (Å²) >= 11 is 16.2. The predicted molar refractivity (Wildman–Crippen MR) is 76.6 cm³/mol. The predicted octanol–water partition coefficient (Wildman–Crippen LogP) is 5.63. The Morgan fingerprint density at radius 2 is 1.88 bits per heavy atom. The van der Waals surface area contributed by atoms with E-state index in [1.165, 1.54) is 25.7 Å². The second-order valence-electron chi connectivity index (χ2n) is 4.45. The summed E-state index contributed by atoms with van der Waals surface area (Å²) in [5, 5.41) is 1.34. The highest BCUT2D eigenvalue weighted by atomic mass is 79.9. The van der Waals surface area contributed by atoms with Gasteiger partial charge in [0.15, 0.2) is 0 Å². The lowest BCUT2D eigenvalue weighted by molar-refractivity contribution is 0.414. The molecule has 17 heavy (non-hydrogen) atoms. The third-order valence-electron chi connectivity index (χ3n) is 3.38. The van der Waals surface area contributed by atoms with Crippen LogP contribution in [0.25, 0.3) is 0 Å². The highest BCUT2D eigenvalue weighted by molar-refractivity contribution is 9.09. The summed E-state index contributed by atoms with van der Waals surface area (Å²) in [6.45, 7) is 0. The van der Waals surface area contributed by atoms with Gasteiger partial charge in [-0.1, -0.05) is 52.0 Å². The molecule has 0 heterocycles. The lowest BCUT2D eigenvalue weighted by Crippen LogP contribution is -2.04. The Morgan fingerprint density at radius 1 is 1.24 bits per heavy atom. The highest BCUT2D eigenvalue weighted by Crippen LogP contribution is 2.45. The first kappa shape index (κ1) is 13.5. The first-order valence-corrected chi connectivity index (χ1v) is 7.47. The van der Waals surface area contributed by atoms with Gasteiger partial charge in [0.05, 0.1) is 12.1 Å². The van der Waals surface area contributed by atoms with Crippen LogP contribution in [0.4, 0.5) is 0 Å². The summed E-state index contributed by atoms with van der Waals surface area (Å²) < 4.78 is 5.15. The molecule has 1 saturated carbocycles. The van der Waals surface area contributed by atoms with Gasteiger partial charge in [-0.15, -0.1) is 0 Å². The van der Waals surface area contributed by atoms with Crippen molar-refractivity contribution in [1.29, 1.82) is 0 Å². The molecule has 0 N–H and O–H groups in total. The molecule has 0 aliphatic heterocycles. The first-order chi connectivity index (χ1) is 8.13. The highest BCUT2D eigenvalue weighted by Gasteiger charge is 2.26. The van der Waals surface area contributed by atoms with Crippen LogP contribution in [0.15, 0.2) is 12.1 Å². The number of rotatable bonds is 3. The zero-order valence-electron chi connectivity index (χ0n) is 9.68. The molecule has 1 nitrogen and oxygen atoms in total. The first-order valence-electron chi connectivity index (χ1n) is 5.80. The van der Waals surface area contributed by atoms with E-state index in [0.717, 1.165) is 10.6 Å². The summed E-state index contributed by atoms with van der Waals surface area (Å²) in [5.74, 6) is 1.29. The molecular formula is C13H15BrCl2O. The minimum Gasteiger partial charge on any atom is -0.495 e. The van der Waals surface area contributed by atoms with Crippen molar-refractivity contribution in [3.63, 3.8) is 0 Å². The largest absolute Gasteiger partial charge is 0.495 e. The molecule has 1 atom stereocenters. The Morgan fingerprint density at radius 3 is 2.47 bits per heavy atom. The minimum absolute atomic E-state index is 0.293. The SMILES string of the molecule is COc1cc(Cl)c(C(Br)C2CCCC2)cc1Cl. The maximum Gasteiger partial charge on any atom is 0.138 e. The van der Waals surface area contributed by atoms with Gasteiger partial charge in [-0.25, -0.2) is 0 Å². The molecular weight excluding hydrogens is 323 g/mol. The third kappa shape index (κ3) is 2.91. The van der Waals surface area contributed by atoms with Gasteiger partial charge in [0.1, 0.15) is 5.75 Å². The molecule has 0 amide bonds. The lowest BCUT2D eigenvalue weighted by Gasteiger charge is -2.19. The molecule has 1 unspecified atom stereocenters.